The fraction of sp³-hybridized carbons (Fsp3) is 0.235. The van der Waals surface area contributed by atoms with Crippen LogP contribution in [0.25, 0.3) is 0 Å². The van der Waals surface area contributed by atoms with Gasteiger partial charge in [-0.25, -0.2) is 0 Å². The average molecular weight is 304 g/mol. The van der Waals surface area contributed by atoms with E-state index in [4.69, 9.17) is 4.74 Å². The molecule has 0 saturated heterocycles. The maximum Gasteiger partial charge on any atom is 0.315 e. The second-order valence-electron chi connectivity index (χ2n) is 3.75. The summed E-state index contributed by atoms with van der Waals surface area (Å²) in [6.45, 7) is 4.00. The molecule has 0 radical (unpaired) electrons. The van der Waals surface area contributed by atoms with E-state index in [1.165, 1.54) is 18.9 Å². The second kappa shape index (κ2) is 9.88. The van der Waals surface area contributed by atoms with Crippen LogP contribution < -0.4 is 4.74 Å². The molecule has 0 amide bonds. The maximum atomic E-state index is 11.1. The molecule has 0 spiro atoms. The van der Waals surface area contributed by atoms with Crippen molar-refractivity contribution < 1.29 is 14.3 Å². The number of hydrogen-bond donors (Lipinski definition) is 0. The number of para-hydroxylation sites is 1. The van der Waals surface area contributed by atoms with Crippen molar-refractivity contribution in [2.45, 2.75) is 18.7 Å². The minimum Gasteiger partial charge on any atom is -0.468 e. The normalized spacial score (nSPS) is 9.29. The van der Waals surface area contributed by atoms with Gasteiger partial charge < -0.3 is 9.47 Å². The van der Waals surface area contributed by atoms with E-state index >= 15 is 0 Å². The highest BCUT2D eigenvalue weighted by atomic mass is 32.2. The van der Waals surface area contributed by atoms with E-state index in [9.17, 15) is 4.79 Å². The van der Waals surface area contributed by atoms with Crippen molar-refractivity contribution in [2.75, 3.05) is 12.9 Å². The van der Waals surface area contributed by atoms with E-state index < -0.39 is 0 Å². The predicted molar refractivity (Wildman–Crippen MR) is 87.0 cm³/mol. The van der Waals surface area contributed by atoms with Crippen LogP contribution in [0.1, 0.15) is 13.8 Å². The molecule has 0 N–H and O–H groups in total. The Morgan fingerprint density at radius 2 is 1.67 bits per heavy atom. The van der Waals surface area contributed by atoms with Gasteiger partial charge in [0.25, 0.3) is 0 Å². The minimum absolute atomic E-state index is 0.237. The highest BCUT2D eigenvalue weighted by Gasteiger charge is 2.03. The Hall–Kier alpha value is -1.94. The molecule has 0 bridgehead atoms. The van der Waals surface area contributed by atoms with Gasteiger partial charge in [-0.2, -0.15) is 0 Å². The van der Waals surface area contributed by atoms with Gasteiger partial charge in [-0.3, -0.25) is 4.79 Å². The van der Waals surface area contributed by atoms with Gasteiger partial charge in [0.05, 0.1) is 12.9 Å². The molecule has 0 atom stereocenters. The van der Waals surface area contributed by atoms with Gasteiger partial charge >= 0.3 is 5.97 Å². The molecule has 0 aliphatic heterocycles. The molecule has 112 valence electrons. The summed E-state index contributed by atoms with van der Waals surface area (Å²) >= 11 is 1.42. The summed E-state index contributed by atoms with van der Waals surface area (Å²) in [4.78, 5) is 12.1. The van der Waals surface area contributed by atoms with Crippen LogP contribution in [0.5, 0.6) is 11.5 Å². The predicted octanol–water partition coefficient (Wildman–Crippen LogP) is 4.77. The monoisotopic (exact) mass is 304 g/mol. The molecule has 0 aliphatic carbocycles. The lowest BCUT2D eigenvalue weighted by molar-refractivity contribution is -0.137. The number of thioether (sulfide) groups is 1. The van der Waals surface area contributed by atoms with Crippen molar-refractivity contribution in [1.29, 1.82) is 0 Å². The van der Waals surface area contributed by atoms with Crippen LogP contribution in [0.4, 0.5) is 0 Å². The highest BCUT2D eigenvalue weighted by molar-refractivity contribution is 8.00. The van der Waals surface area contributed by atoms with Crippen molar-refractivity contribution in [2.24, 2.45) is 0 Å². The third-order valence-electron chi connectivity index (χ3n) is 2.37. The summed E-state index contributed by atoms with van der Waals surface area (Å²) < 4.78 is 10.3. The van der Waals surface area contributed by atoms with Gasteiger partial charge in [0.1, 0.15) is 11.5 Å². The van der Waals surface area contributed by atoms with Crippen molar-refractivity contribution in [3.8, 4) is 11.5 Å². The van der Waals surface area contributed by atoms with Gasteiger partial charge in [0.15, 0.2) is 0 Å². The van der Waals surface area contributed by atoms with E-state index in [0.29, 0.717) is 5.75 Å². The zero-order valence-corrected chi connectivity index (χ0v) is 13.4. The zero-order valence-electron chi connectivity index (χ0n) is 12.5. The van der Waals surface area contributed by atoms with Crippen LogP contribution in [0.15, 0.2) is 59.5 Å². The minimum atomic E-state index is -0.237. The van der Waals surface area contributed by atoms with Crippen LogP contribution in [-0.2, 0) is 9.53 Å². The van der Waals surface area contributed by atoms with Crippen LogP contribution in [0.3, 0.4) is 0 Å². The number of rotatable bonds is 5. The molecule has 0 aromatic heterocycles. The molecule has 0 fully saturated rings. The Bertz CT molecular complexity index is 541. The first-order chi connectivity index (χ1) is 10.3. The van der Waals surface area contributed by atoms with E-state index in [-0.39, 0.29) is 5.97 Å². The van der Waals surface area contributed by atoms with Crippen LogP contribution in [-0.4, -0.2) is 18.8 Å². The Balaban J connectivity index is 0.00000106. The summed E-state index contributed by atoms with van der Waals surface area (Å²) in [5.41, 5.74) is 0. The molecule has 2 aromatic rings. The topological polar surface area (TPSA) is 35.5 Å². The molecule has 2 rings (SSSR count). The number of hydrogen-bond acceptors (Lipinski definition) is 4. The Morgan fingerprint density at radius 3 is 2.33 bits per heavy atom. The number of carbonyl (C=O) groups is 1. The second-order valence-corrected chi connectivity index (χ2v) is 4.80. The third kappa shape index (κ3) is 6.36. The molecule has 2 aromatic carbocycles. The molecule has 0 unspecified atom stereocenters. The first-order valence-corrected chi connectivity index (χ1v) is 7.79. The van der Waals surface area contributed by atoms with Gasteiger partial charge in [-0.15, -0.1) is 11.8 Å². The molecule has 3 nitrogen and oxygen atoms in total. The lowest BCUT2D eigenvalue weighted by Crippen LogP contribution is -2.02. The number of esters is 1. The molecule has 0 saturated carbocycles. The van der Waals surface area contributed by atoms with Gasteiger partial charge in [-0.05, 0) is 30.3 Å². The van der Waals surface area contributed by atoms with E-state index in [0.717, 1.165) is 16.4 Å². The number of methoxy groups -OCH3 is 1. The highest BCUT2D eigenvalue weighted by Crippen LogP contribution is 2.26. The van der Waals surface area contributed by atoms with Gasteiger partial charge in [0.2, 0.25) is 0 Å². The Morgan fingerprint density at radius 1 is 1.00 bits per heavy atom. The Labute approximate surface area is 130 Å². The molecule has 0 heterocycles. The lowest BCUT2D eigenvalue weighted by Gasteiger charge is -2.07. The first kappa shape index (κ1) is 17.1. The SMILES string of the molecule is CC.COC(=O)CSc1cccc(Oc2ccccc2)c1. The molecule has 0 aliphatic rings. The third-order valence-corrected chi connectivity index (χ3v) is 3.34. The van der Waals surface area contributed by atoms with Crippen molar-refractivity contribution >= 4 is 17.7 Å². The van der Waals surface area contributed by atoms with Crippen LogP contribution in [0.2, 0.25) is 0 Å². The zero-order chi connectivity index (χ0) is 15.5. The summed E-state index contributed by atoms with van der Waals surface area (Å²) in [7, 11) is 1.39. The lowest BCUT2D eigenvalue weighted by atomic mass is 10.3. The summed E-state index contributed by atoms with van der Waals surface area (Å²) in [5.74, 6) is 1.60. The largest absolute Gasteiger partial charge is 0.468 e. The molecular formula is C17H20O3S. The number of benzene rings is 2. The standard InChI is InChI=1S/C15H14O3S.C2H6/c1-17-15(16)11-19-14-9-5-8-13(10-14)18-12-6-3-2-4-7-12;1-2/h2-10H,11H2,1H3;1-2H3. The number of carbonyl (C=O) groups excluding carboxylic acids is 1. The fourth-order valence-electron chi connectivity index (χ4n) is 1.45. The summed E-state index contributed by atoms with van der Waals surface area (Å²) in [6, 6.07) is 17.2. The fourth-order valence-corrected chi connectivity index (χ4v) is 2.23. The average Bonchev–Trinajstić information content (AvgIpc) is 2.56. The van der Waals surface area contributed by atoms with Crippen molar-refractivity contribution in [3.05, 3.63) is 54.6 Å². The molecule has 21 heavy (non-hydrogen) atoms. The first-order valence-electron chi connectivity index (χ1n) is 6.80. The molecular weight excluding hydrogens is 284 g/mol. The maximum absolute atomic E-state index is 11.1. The van der Waals surface area contributed by atoms with Crippen LogP contribution in [0, 0.1) is 0 Å². The number of ether oxygens (including phenoxy) is 2. The van der Waals surface area contributed by atoms with Gasteiger partial charge in [-0.1, -0.05) is 38.1 Å². The quantitative estimate of drug-likeness (QED) is 0.589. The van der Waals surface area contributed by atoms with E-state index in [1.54, 1.807) is 0 Å². The van der Waals surface area contributed by atoms with Crippen molar-refractivity contribution in [1.82, 2.24) is 0 Å². The van der Waals surface area contributed by atoms with Crippen molar-refractivity contribution in [3.63, 3.8) is 0 Å². The summed E-state index contributed by atoms with van der Waals surface area (Å²) in [5, 5.41) is 0. The molecule has 4 heteroatoms. The summed E-state index contributed by atoms with van der Waals surface area (Å²) in [6.07, 6.45) is 0. The van der Waals surface area contributed by atoms with E-state index in [2.05, 4.69) is 4.74 Å². The smallest absolute Gasteiger partial charge is 0.315 e. The Kier molecular flexibility index (Phi) is 8.05. The van der Waals surface area contributed by atoms with E-state index in [1.807, 2.05) is 68.4 Å². The van der Waals surface area contributed by atoms with Gasteiger partial charge in [0, 0.05) is 4.90 Å². The van der Waals surface area contributed by atoms with Crippen LogP contribution >= 0.6 is 11.8 Å².